The number of aryl methyl sites for hydroxylation is 1. The SMILES string of the molecule is CNc1cc(-c2cc(CC(=O)[C@H](Cc3ccc(F)cc3)NCc3ccn[nH]3)n(C)n2)ccn1. The Labute approximate surface area is 191 Å². The third-order valence-electron chi connectivity index (χ3n) is 5.48. The van der Waals surface area contributed by atoms with Crippen molar-refractivity contribution in [3.63, 3.8) is 0 Å². The van der Waals surface area contributed by atoms with E-state index in [0.717, 1.165) is 34.0 Å². The number of anilines is 1. The second-order valence-corrected chi connectivity index (χ2v) is 7.81. The zero-order chi connectivity index (χ0) is 23.2. The first kappa shape index (κ1) is 22.3. The van der Waals surface area contributed by atoms with Gasteiger partial charge in [0.05, 0.1) is 18.2 Å². The molecule has 3 N–H and O–H groups in total. The summed E-state index contributed by atoms with van der Waals surface area (Å²) in [6.07, 6.45) is 4.06. The lowest BCUT2D eigenvalue weighted by Gasteiger charge is -2.18. The van der Waals surface area contributed by atoms with Crippen molar-refractivity contribution in [1.82, 2.24) is 30.3 Å². The van der Waals surface area contributed by atoms with E-state index in [4.69, 9.17) is 0 Å². The number of benzene rings is 1. The molecule has 0 saturated heterocycles. The largest absolute Gasteiger partial charge is 0.373 e. The lowest BCUT2D eigenvalue weighted by atomic mass is 9.99. The lowest BCUT2D eigenvalue weighted by molar-refractivity contribution is -0.120. The number of ketones is 1. The Morgan fingerprint density at radius 1 is 1.15 bits per heavy atom. The molecular weight excluding hydrogens is 421 g/mol. The number of pyridine rings is 1. The van der Waals surface area contributed by atoms with Crippen molar-refractivity contribution in [3.8, 4) is 11.3 Å². The molecule has 4 aromatic rings. The van der Waals surface area contributed by atoms with Gasteiger partial charge in [0, 0.05) is 50.0 Å². The van der Waals surface area contributed by atoms with E-state index in [1.54, 1.807) is 29.2 Å². The number of carbonyl (C=O) groups excluding carboxylic acids is 1. The van der Waals surface area contributed by atoms with Crippen LogP contribution in [0.5, 0.6) is 0 Å². The van der Waals surface area contributed by atoms with Crippen LogP contribution in [0.2, 0.25) is 0 Å². The second kappa shape index (κ2) is 10.2. The first-order valence-electron chi connectivity index (χ1n) is 10.7. The van der Waals surface area contributed by atoms with Crippen molar-refractivity contribution in [2.45, 2.75) is 25.4 Å². The number of H-pyrrole nitrogens is 1. The molecule has 170 valence electrons. The van der Waals surface area contributed by atoms with E-state index in [-0.39, 0.29) is 18.0 Å². The highest BCUT2D eigenvalue weighted by molar-refractivity contribution is 5.86. The van der Waals surface area contributed by atoms with Crippen molar-refractivity contribution in [3.05, 3.63) is 83.7 Å². The third-order valence-corrected chi connectivity index (χ3v) is 5.48. The molecule has 0 radical (unpaired) electrons. The van der Waals surface area contributed by atoms with Crippen LogP contribution in [0.1, 0.15) is 17.0 Å². The van der Waals surface area contributed by atoms with E-state index < -0.39 is 6.04 Å². The van der Waals surface area contributed by atoms with Crippen molar-refractivity contribution < 1.29 is 9.18 Å². The van der Waals surface area contributed by atoms with Crippen LogP contribution in [-0.4, -0.2) is 43.8 Å². The molecule has 4 rings (SSSR count). The van der Waals surface area contributed by atoms with E-state index in [0.29, 0.717) is 13.0 Å². The van der Waals surface area contributed by atoms with E-state index in [9.17, 15) is 9.18 Å². The molecule has 0 aliphatic rings. The summed E-state index contributed by atoms with van der Waals surface area (Å²) in [6, 6.07) is 13.4. The molecule has 3 heterocycles. The van der Waals surface area contributed by atoms with Gasteiger partial charge in [-0.05, 0) is 48.4 Å². The van der Waals surface area contributed by atoms with Crippen LogP contribution in [0.4, 0.5) is 10.2 Å². The molecule has 1 aromatic carbocycles. The highest BCUT2D eigenvalue weighted by Gasteiger charge is 2.21. The Hall–Kier alpha value is -3.85. The third kappa shape index (κ3) is 5.69. The van der Waals surface area contributed by atoms with Crippen LogP contribution in [-0.2, 0) is 31.2 Å². The highest BCUT2D eigenvalue weighted by Crippen LogP contribution is 2.21. The smallest absolute Gasteiger partial charge is 0.156 e. The van der Waals surface area contributed by atoms with Crippen LogP contribution in [0.15, 0.2) is 60.9 Å². The van der Waals surface area contributed by atoms with Crippen molar-refractivity contribution >= 4 is 11.6 Å². The van der Waals surface area contributed by atoms with E-state index >= 15 is 0 Å². The van der Waals surface area contributed by atoms with Gasteiger partial charge in [0.15, 0.2) is 5.78 Å². The number of nitrogens with one attached hydrogen (secondary N) is 3. The van der Waals surface area contributed by atoms with Gasteiger partial charge in [-0.3, -0.25) is 14.6 Å². The summed E-state index contributed by atoms with van der Waals surface area (Å²) in [4.78, 5) is 17.6. The van der Waals surface area contributed by atoms with E-state index in [2.05, 4.69) is 30.9 Å². The number of carbonyl (C=O) groups is 1. The van der Waals surface area contributed by atoms with Crippen LogP contribution in [0, 0.1) is 5.82 Å². The van der Waals surface area contributed by atoms with E-state index in [1.165, 1.54) is 12.1 Å². The van der Waals surface area contributed by atoms with Gasteiger partial charge in [0.2, 0.25) is 0 Å². The summed E-state index contributed by atoms with van der Waals surface area (Å²) in [5.74, 6) is 0.476. The molecule has 1 atom stereocenters. The summed E-state index contributed by atoms with van der Waals surface area (Å²) < 4.78 is 15.1. The second-order valence-electron chi connectivity index (χ2n) is 7.81. The molecule has 0 spiro atoms. The molecule has 8 nitrogen and oxygen atoms in total. The number of aromatic nitrogens is 5. The maximum Gasteiger partial charge on any atom is 0.156 e. The van der Waals surface area contributed by atoms with Gasteiger partial charge in [-0.1, -0.05) is 12.1 Å². The highest BCUT2D eigenvalue weighted by atomic mass is 19.1. The van der Waals surface area contributed by atoms with Crippen LogP contribution in [0.3, 0.4) is 0 Å². The molecule has 3 aromatic heterocycles. The normalized spacial score (nSPS) is 12.0. The van der Waals surface area contributed by atoms with E-state index in [1.807, 2.05) is 38.4 Å². The predicted molar refractivity (Wildman–Crippen MR) is 124 cm³/mol. The summed E-state index contributed by atoms with van der Waals surface area (Å²) in [5, 5.41) is 17.8. The number of Topliss-reactive ketones (excluding diaryl/α,β-unsaturated/α-hetero) is 1. The number of halogens is 1. The Morgan fingerprint density at radius 2 is 1.97 bits per heavy atom. The molecule has 0 amide bonds. The Morgan fingerprint density at radius 3 is 2.70 bits per heavy atom. The van der Waals surface area contributed by atoms with Gasteiger partial charge in [0.25, 0.3) is 0 Å². The van der Waals surface area contributed by atoms with Crippen LogP contribution in [0.25, 0.3) is 11.3 Å². The average Bonchev–Trinajstić information content (AvgIpc) is 3.48. The van der Waals surface area contributed by atoms with Gasteiger partial charge in [-0.15, -0.1) is 0 Å². The number of nitrogens with zero attached hydrogens (tertiary/aromatic N) is 4. The predicted octanol–water partition coefficient (Wildman–Crippen LogP) is 2.90. The minimum absolute atomic E-state index is 0.0269. The first-order valence-corrected chi connectivity index (χ1v) is 10.7. The van der Waals surface area contributed by atoms with Crippen molar-refractivity contribution in [1.29, 1.82) is 0 Å². The molecular formula is C24H26FN7O. The summed E-state index contributed by atoms with van der Waals surface area (Å²) in [6.45, 7) is 0.470. The van der Waals surface area contributed by atoms with Crippen molar-refractivity contribution in [2.24, 2.45) is 7.05 Å². The van der Waals surface area contributed by atoms with Crippen molar-refractivity contribution in [2.75, 3.05) is 12.4 Å². The fourth-order valence-corrected chi connectivity index (χ4v) is 3.61. The zero-order valence-electron chi connectivity index (χ0n) is 18.5. The van der Waals surface area contributed by atoms with Gasteiger partial charge in [-0.25, -0.2) is 9.37 Å². The Bertz CT molecular complexity index is 1200. The molecule has 0 aliphatic heterocycles. The topological polar surface area (TPSA) is 101 Å². The Kier molecular flexibility index (Phi) is 6.89. The number of hydrogen-bond acceptors (Lipinski definition) is 6. The monoisotopic (exact) mass is 447 g/mol. The minimum Gasteiger partial charge on any atom is -0.373 e. The summed E-state index contributed by atoms with van der Waals surface area (Å²) >= 11 is 0. The maximum atomic E-state index is 13.3. The molecule has 0 unspecified atom stereocenters. The summed E-state index contributed by atoms with van der Waals surface area (Å²) in [7, 11) is 3.64. The van der Waals surface area contributed by atoms with Gasteiger partial charge in [0.1, 0.15) is 11.6 Å². The standard InChI is InChI=1S/C24H26FN7O/c1-26-24-12-17(7-9-27-24)21-13-20(32(2)31-21)14-23(33)22(28-15-19-8-10-29-30-19)11-16-3-5-18(25)6-4-16/h3-10,12-13,22,28H,11,14-15H2,1-2H3,(H,26,27)(H,29,30)/t22-/m0/s1. The molecule has 9 heteroatoms. The van der Waals surface area contributed by atoms with Gasteiger partial charge in [-0.2, -0.15) is 10.2 Å². The fourth-order valence-electron chi connectivity index (χ4n) is 3.61. The summed E-state index contributed by atoms with van der Waals surface area (Å²) in [5.41, 5.74) is 4.27. The number of hydrogen-bond donors (Lipinski definition) is 3. The molecule has 0 bridgehead atoms. The molecule has 0 fully saturated rings. The lowest BCUT2D eigenvalue weighted by Crippen LogP contribution is -2.39. The fraction of sp³-hybridized carbons (Fsp3) is 0.250. The number of rotatable bonds is 10. The number of aromatic amines is 1. The quantitative estimate of drug-likeness (QED) is 0.346. The molecule has 0 saturated carbocycles. The van der Waals surface area contributed by atoms with Crippen LogP contribution < -0.4 is 10.6 Å². The first-order chi connectivity index (χ1) is 16.0. The molecule has 0 aliphatic carbocycles. The zero-order valence-corrected chi connectivity index (χ0v) is 18.5. The average molecular weight is 448 g/mol. The van der Waals surface area contributed by atoms with Crippen LogP contribution >= 0.6 is 0 Å². The maximum absolute atomic E-state index is 13.3. The minimum atomic E-state index is -0.450. The molecule has 33 heavy (non-hydrogen) atoms. The Balaban J connectivity index is 1.51. The van der Waals surface area contributed by atoms with Gasteiger partial charge >= 0.3 is 0 Å². The van der Waals surface area contributed by atoms with Gasteiger partial charge < -0.3 is 10.6 Å².